The van der Waals surface area contributed by atoms with Gasteiger partial charge in [-0.3, -0.25) is 0 Å². The van der Waals surface area contributed by atoms with Crippen molar-refractivity contribution in [2.24, 2.45) is 0 Å². The van der Waals surface area contributed by atoms with Crippen LogP contribution in [0.25, 0.3) is 0 Å². The van der Waals surface area contributed by atoms with Crippen molar-refractivity contribution in [2.45, 2.75) is 39.2 Å². The second-order valence-corrected chi connectivity index (χ2v) is 5.04. The maximum absolute atomic E-state index is 5.50. The van der Waals surface area contributed by atoms with Crippen LogP contribution in [0.2, 0.25) is 0 Å². The van der Waals surface area contributed by atoms with Gasteiger partial charge in [-0.25, -0.2) is 9.97 Å². The molecule has 0 aliphatic carbocycles. The fourth-order valence-electron chi connectivity index (χ4n) is 2.46. The van der Waals surface area contributed by atoms with E-state index >= 15 is 0 Å². The lowest BCUT2D eigenvalue weighted by atomic mass is 10.0. The summed E-state index contributed by atoms with van der Waals surface area (Å²) >= 11 is 0. The lowest BCUT2D eigenvalue weighted by Gasteiger charge is -2.20. The van der Waals surface area contributed by atoms with Gasteiger partial charge in [0.1, 0.15) is 5.82 Å². The number of rotatable bonds is 8. The molecule has 0 aromatic carbocycles. The van der Waals surface area contributed by atoms with Crippen LogP contribution in [-0.2, 0) is 35.3 Å². The van der Waals surface area contributed by atoms with E-state index in [9.17, 15) is 0 Å². The van der Waals surface area contributed by atoms with Gasteiger partial charge in [0.2, 0.25) is 0 Å². The van der Waals surface area contributed by atoms with Gasteiger partial charge in [-0.2, -0.15) is 0 Å². The van der Waals surface area contributed by atoms with Crippen molar-refractivity contribution < 1.29 is 9.47 Å². The number of methoxy groups -OCH3 is 1. The van der Waals surface area contributed by atoms with Crippen molar-refractivity contribution in [1.29, 1.82) is 0 Å². The number of nitrogens with zero attached hydrogens (tertiary/aromatic N) is 2. The molecule has 2 rings (SSSR count). The summed E-state index contributed by atoms with van der Waals surface area (Å²) in [6.07, 6.45) is 3.99. The molecule has 1 N–H and O–H groups in total. The van der Waals surface area contributed by atoms with Gasteiger partial charge in [-0.05, 0) is 24.9 Å². The molecule has 0 amide bonds. The van der Waals surface area contributed by atoms with Crippen LogP contribution in [0.15, 0.2) is 0 Å². The van der Waals surface area contributed by atoms with E-state index in [4.69, 9.17) is 14.5 Å². The lowest BCUT2D eigenvalue weighted by molar-refractivity contribution is 0.0716. The van der Waals surface area contributed by atoms with E-state index < -0.39 is 0 Å². The minimum absolute atomic E-state index is 0.630. The fraction of sp³-hybridized carbons (Fsp3) is 0.733. The standard InChI is InChI=1S/C15H25N3O2/c1-3-4-13-12-5-7-16-11-14(12)18-15(17-13)6-8-20-10-9-19-2/h16H,3-11H2,1-2H3. The van der Waals surface area contributed by atoms with E-state index in [0.717, 1.165) is 44.6 Å². The fourth-order valence-corrected chi connectivity index (χ4v) is 2.46. The molecule has 0 saturated heterocycles. The number of nitrogens with one attached hydrogen (secondary N) is 1. The van der Waals surface area contributed by atoms with Gasteiger partial charge in [0.25, 0.3) is 0 Å². The van der Waals surface area contributed by atoms with Crippen molar-refractivity contribution in [2.75, 3.05) is 33.5 Å². The average molecular weight is 279 g/mol. The molecule has 5 heteroatoms. The van der Waals surface area contributed by atoms with E-state index in [1.807, 2.05) is 0 Å². The zero-order valence-electron chi connectivity index (χ0n) is 12.6. The number of ether oxygens (including phenoxy) is 2. The van der Waals surface area contributed by atoms with Crippen LogP contribution in [0.5, 0.6) is 0 Å². The van der Waals surface area contributed by atoms with E-state index in [1.165, 1.54) is 17.0 Å². The quantitative estimate of drug-likeness (QED) is 0.727. The van der Waals surface area contributed by atoms with Gasteiger partial charge in [0, 0.05) is 25.8 Å². The summed E-state index contributed by atoms with van der Waals surface area (Å²) < 4.78 is 10.5. The predicted molar refractivity (Wildman–Crippen MR) is 77.8 cm³/mol. The monoisotopic (exact) mass is 279 g/mol. The summed E-state index contributed by atoms with van der Waals surface area (Å²) in [5.74, 6) is 0.910. The van der Waals surface area contributed by atoms with E-state index in [0.29, 0.717) is 19.8 Å². The summed E-state index contributed by atoms with van der Waals surface area (Å²) in [5.41, 5.74) is 3.79. The molecule has 0 unspecified atom stereocenters. The lowest BCUT2D eigenvalue weighted by Crippen LogP contribution is -2.27. The van der Waals surface area contributed by atoms with Crippen LogP contribution in [0.4, 0.5) is 0 Å². The topological polar surface area (TPSA) is 56.3 Å². The number of fused-ring (bicyclic) bond motifs is 1. The molecule has 1 aromatic rings. The first-order valence-electron chi connectivity index (χ1n) is 7.50. The highest BCUT2D eigenvalue weighted by atomic mass is 16.5. The Balaban J connectivity index is 2.00. The highest BCUT2D eigenvalue weighted by Crippen LogP contribution is 2.17. The van der Waals surface area contributed by atoms with E-state index in [-0.39, 0.29) is 0 Å². The van der Waals surface area contributed by atoms with Crippen molar-refractivity contribution >= 4 is 0 Å². The normalized spacial score (nSPS) is 14.3. The smallest absolute Gasteiger partial charge is 0.131 e. The minimum Gasteiger partial charge on any atom is -0.382 e. The van der Waals surface area contributed by atoms with Gasteiger partial charge >= 0.3 is 0 Å². The Morgan fingerprint density at radius 3 is 2.85 bits per heavy atom. The summed E-state index contributed by atoms with van der Waals surface area (Å²) in [7, 11) is 1.68. The first-order chi connectivity index (χ1) is 9.85. The molecule has 2 heterocycles. The highest BCUT2D eigenvalue weighted by Gasteiger charge is 2.16. The summed E-state index contributed by atoms with van der Waals surface area (Å²) in [4.78, 5) is 9.43. The molecule has 5 nitrogen and oxygen atoms in total. The number of aryl methyl sites for hydroxylation is 1. The summed E-state index contributed by atoms with van der Waals surface area (Å²) in [6.45, 7) is 6.02. The molecule has 1 aromatic heterocycles. The minimum atomic E-state index is 0.630. The van der Waals surface area contributed by atoms with Crippen LogP contribution in [0.1, 0.15) is 36.1 Å². The van der Waals surface area contributed by atoms with Gasteiger partial charge in [-0.1, -0.05) is 13.3 Å². The molecule has 0 bridgehead atoms. The Morgan fingerprint density at radius 2 is 2.05 bits per heavy atom. The van der Waals surface area contributed by atoms with Gasteiger partial charge in [0.15, 0.2) is 0 Å². The third-order valence-electron chi connectivity index (χ3n) is 3.46. The Labute approximate surface area is 121 Å². The Morgan fingerprint density at radius 1 is 1.15 bits per heavy atom. The van der Waals surface area contributed by atoms with Crippen molar-refractivity contribution in [3.05, 3.63) is 22.8 Å². The van der Waals surface area contributed by atoms with Gasteiger partial charge in [0.05, 0.1) is 25.5 Å². The van der Waals surface area contributed by atoms with Crippen LogP contribution in [0.3, 0.4) is 0 Å². The zero-order valence-corrected chi connectivity index (χ0v) is 12.6. The average Bonchev–Trinajstić information content (AvgIpc) is 2.47. The highest BCUT2D eigenvalue weighted by molar-refractivity contribution is 5.28. The Kier molecular flexibility index (Phi) is 6.36. The molecule has 0 saturated carbocycles. The third-order valence-corrected chi connectivity index (χ3v) is 3.46. The SMILES string of the molecule is CCCc1nc(CCOCCOC)nc2c1CCNC2. The molecule has 0 spiro atoms. The zero-order chi connectivity index (χ0) is 14.2. The summed E-state index contributed by atoms with van der Waals surface area (Å²) in [5, 5.41) is 3.38. The van der Waals surface area contributed by atoms with Crippen LogP contribution < -0.4 is 5.32 Å². The Hall–Kier alpha value is -1.04. The molecule has 112 valence electrons. The molecular weight excluding hydrogens is 254 g/mol. The van der Waals surface area contributed by atoms with E-state index in [1.54, 1.807) is 7.11 Å². The second-order valence-electron chi connectivity index (χ2n) is 5.04. The van der Waals surface area contributed by atoms with Crippen LogP contribution >= 0.6 is 0 Å². The van der Waals surface area contributed by atoms with Gasteiger partial charge in [-0.15, -0.1) is 0 Å². The first-order valence-corrected chi connectivity index (χ1v) is 7.50. The maximum atomic E-state index is 5.50. The number of hydrogen-bond donors (Lipinski definition) is 1. The Bertz CT molecular complexity index is 424. The predicted octanol–water partition coefficient (Wildman–Crippen LogP) is 1.28. The molecule has 0 radical (unpaired) electrons. The molecule has 0 atom stereocenters. The van der Waals surface area contributed by atoms with Crippen LogP contribution in [0, 0.1) is 0 Å². The first kappa shape index (κ1) is 15.4. The largest absolute Gasteiger partial charge is 0.382 e. The molecule has 20 heavy (non-hydrogen) atoms. The van der Waals surface area contributed by atoms with E-state index in [2.05, 4.69) is 17.2 Å². The van der Waals surface area contributed by atoms with Crippen LogP contribution in [-0.4, -0.2) is 43.4 Å². The van der Waals surface area contributed by atoms with Crippen molar-refractivity contribution in [3.8, 4) is 0 Å². The number of hydrogen-bond acceptors (Lipinski definition) is 5. The molecular formula is C15H25N3O2. The third kappa shape index (κ3) is 4.23. The van der Waals surface area contributed by atoms with Gasteiger partial charge < -0.3 is 14.8 Å². The molecule has 0 fully saturated rings. The summed E-state index contributed by atoms with van der Waals surface area (Å²) in [6, 6.07) is 0. The second kappa shape index (κ2) is 8.29. The molecule has 1 aliphatic heterocycles. The van der Waals surface area contributed by atoms with Crippen molar-refractivity contribution in [1.82, 2.24) is 15.3 Å². The number of aromatic nitrogens is 2. The molecule has 1 aliphatic rings. The van der Waals surface area contributed by atoms with Crippen molar-refractivity contribution in [3.63, 3.8) is 0 Å². The maximum Gasteiger partial charge on any atom is 0.131 e.